The molecule has 0 spiro atoms. The average Bonchev–Trinajstić information content (AvgIpc) is 2.53. The number of amides is 1. The predicted octanol–water partition coefficient (Wildman–Crippen LogP) is 2.57. The van der Waals surface area contributed by atoms with E-state index in [-0.39, 0.29) is 6.09 Å². The van der Waals surface area contributed by atoms with Crippen molar-refractivity contribution in [2.24, 2.45) is 0 Å². The van der Waals surface area contributed by atoms with E-state index in [0.717, 1.165) is 17.9 Å². The molecule has 0 fully saturated rings. The topological polar surface area (TPSA) is 55.6 Å². The van der Waals surface area contributed by atoms with Gasteiger partial charge in [0, 0.05) is 35.6 Å². The zero-order valence-corrected chi connectivity index (χ0v) is 12.3. The molecule has 6 heteroatoms. The fourth-order valence-corrected chi connectivity index (χ4v) is 2.20. The minimum Gasteiger partial charge on any atom is -0.444 e. The summed E-state index contributed by atoms with van der Waals surface area (Å²) in [5, 5.41) is 0. The number of fused-ring (bicyclic) bond motifs is 1. The molecule has 0 aromatic carbocycles. The van der Waals surface area contributed by atoms with Gasteiger partial charge >= 0.3 is 6.09 Å². The van der Waals surface area contributed by atoms with Crippen molar-refractivity contribution in [3.8, 4) is 0 Å². The lowest BCUT2D eigenvalue weighted by Gasteiger charge is -2.28. The van der Waals surface area contributed by atoms with Gasteiger partial charge in [0.1, 0.15) is 11.4 Å². The molecule has 2 heterocycles. The third-order valence-electron chi connectivity index (χ3n) is 2.36. The maximum atomic E-state index is 11.9. The van der Waals surface area contributed by atoms with Gasteiger partial charge < -0.3 is 14.1 Å². The first-order valence-corrected chi connectivity index (χ1v) is 6.55. The molecule has 94 valence electrons. The standard InChI is InChI=1S/C11H15IN2O3/c1-11(2,3)17-10(15)14-5-4-7-8(6-14)16-9(12)13-7/h4-6H2,1-3H3. The van der Waals surface area contributed by atoms with Gasteiger partial charge in [-0.05, 0) is 20.8 Å². The Bertz CT molecular complexity index is 436. The molecule has 1 amide bonds. The minimum absolute atomic E-state index is 0.297. The lowest BCUT2D eigenvalue weighted by atomic mass is 10.1. The lowest BCUT2D eigenvalue weighted by molar-refractivity contribution is 0.0208. The van der Waals surface area contributed by atoms with Crippen LogP contribution in [0.2, 0.25) is 0 Å². The zero-order valence-electron chi connectivity index (χ0n) is 10.1. The number of halogens is 1. The molecule has 0 aliphatic carbocycles. The summed E-state index contributed by atoms with van der Waals surface area (Å²) in [5.41, 5.74) is 0.488. The predicted molar refractivity (Wildman–Crippen MR) is 69.6 cm³/mol. The zero-order chi connectivity index (χ0) is 12.6. The van der Waals surface area contributed by atoms with Gasteiger partial charge in [-0.25, -0.2) is 9.78 Å². The molecule has 0 saturated heterocycles. The summed E-state index contributed by atoms with van der Waals surface area (Å²) in [6.45, 7) is 6.65. The highest BCUT2D eigenvalue weighted by molar-refractivity contribution is 14.1. The Morgan fingerprint density at radius 1 is 1.53 bits per heavy atom. The fourth-order valence-electron chi connectivity index (χ4n) is 1.65. The van der Waals surface area contributed by atoms with Crippen molar-refractivity contribution in [3.05, 3.63) is 15.4 Å². The van der Waals surface area contributed by atoms with Crippen LogP contribution in [-0.2, 0) is 17.7 Å². The normalized spacial score (nSPS) is 15.6. The molecule has 1 aliphatic heterocycles. The summed E-state index contributed by atoms with van der Waals surface area (Å²) in [7, 11) is 0. The minimum atomic E-state index is -0.465. The second-order valence-electron chi connectivity index (χ2n) is 4.99. The van der Waals surface area contributed by atoms with Crippen LogP contribution < -0.4 is 0 Å². The second kappa shape index (κ2) is 4.47. The quantitative estimate of drug-likeness (QED) is 0.675. The van der Waals surface area contributed by atoms with Crippen LogP contribution in [0.15, 0.2) is 4.42 Å². The Morgan fingerprint density at radius 3 is 2.88 bits per heavy atom. The molecule has 1 aliphatic rings. The Labute approximate surface area is 114 Å². The molecule has 0 atom stereocenters. The molecule has 0 bridgehead atoms. The van der Waals surface area contributed by atoms with Crippen molar-refractivity contribution in [3.63, 3.8) is 0 Å². The number of carbonyl (C=O) groups is 1. The van der Waals surface area contributed by atoms with Crippen molar-refractivity contribution in [1.29, 1.82) is 0 Å². The number of hydrogen-bond acceptors (Lipinski definition) is 4. The number of oxazole rings is 1. The maximum absolute atomic E-state index is 11.9. The van der Waals surface area contributed by atoms with Crippen LogP contribution in [-0.4, -0.2) is 28.1 Å². The molecular formula is C11H15IN2O3. The fraction of sp³-hybridized carbons (Fsp3) is 0.636. The summed E-state index contributed by atoms with van der Waals surface area (Å²) in [5.74, 6) is 0.770. The van der Waals surface area contributed by atoms with E-state index in [2.05, 4.69) is 4.98 Å². The number of nitrogens with zero attached hydrogens (tertiary/aromatic N) is 2. The van der Waals surface area contributed by atoms with Gasteiger partial charge in [-0.15, -0.1) is 0 Å². The second-order valence-corrected chi connectivity index (χ2v) is 5.91. The molecule has 1 aromatic heterocycles. The number of ether oxygens (including phenoxy) is 1. The summed E-state index contributed by atoms with van der Waals surface area (Å²) in [6, 6.07) is 0. The molecular weight excluding hydrogens is 335 g/mol. The third-order valence-corrected chi connectivity index (χ3v) is 2.82. The molecule has 0 N–H and O–H groups in total. The lowest BCUT2D eigenvalue weighted by Crippen LogP contribution is -2.39. The van der Waals surface area contributed by atoms with Crippen LogP contribution in [0.5, 0.6) is 0 Å². The first-order valence-electron chi connectivity index (χ1n) is 5.47. The van der Waals surface area contributed by atoms with Crippen LogP contribution in [0, 0.1) is 3.90 Å². The Kier molecular flexibility index (Phi) is 3.33. The van der Waals surface area contributed by atoms with E-state index in [1.165, 1.54) is 0 Å². The molecule has 17 heavy (non-hydrogen) atoms. The monoisotopic (exact) mass is 350 g/mol. The van der Waals surface area contributed by atoms with E-state index < -0.39 is 5.60 Å². The molecule has 0 saturated carbocycles. The van der Waals surface area contributed by atoms with Crippen molar-refractivity contribution in [2.45, 2.75) is 39.3 Å². The van der Waals surface area contributed by atoms with Gasteiger partial charge in [-0.3, -0.25) is 0 Å². The van der Waals surface area contributed by atoms with Crippen LogP contribution >= 0.6 is 22.6 Å². The van der Waals surface area contributed by atoms with Gasteiger partial charge in [0.25, 0.3) is 3.90 Å². The van der Waals surface area contributed by atoms with Crippen molar-refractivity contribution < 1.29 is 13.9 Å². The smallest absolute Gasteiger partial charge is 0.410 e. The maximum Gasteiger partial charge on any atom is 0.410 e. The van der Waals surface area contributed by atoms with E-state index >= 15 is 0 Å². The van der Waals surface area contributed by atoms with E-state index in [1.807, 2.05) is 43.4 Å². The number of hydrogen-bond donors (Lipinski definition) is 0. The van der Waals surface area contributed by atoms with Gasteiger partial charge in [0.2, 0.25) is 0 Å². The van der Waals surface area contributed by atoms with E-state index in [0.29, 0.717) is 17.0 Å². The van der Waals surface area contributed by atoms with Gasteiger partial charge in [-0.2, -0.15) is 0 Å². The largest absolute Gasteiger partial charge is 0.444 e. The van der Waals surface area contributed by atoms with Crippen molar-refractivity contribution >= 4 is 28.7 Å². The van der Waals surface area contributed by atoms with Crippen molar-refractivity contribution in [1.82, 2.24) is 9.88 Å². The summed E-state index contributed by atoms with van der Waals surface area (Å²) in [6.07, 6.45) is 0.427. The van der Waals surface area contributed by atoms with E-state index in [9.17, 15) is 4.79 Å². The number of carbonyl (C=O) groups excluding carboxylic acids is 1. The Morgan fingerprint density at radius 2 is 2.24 bits per heavy atom. The van der Waals surface area contributed by atoms with Crippen molar-refractivity contribution in [2.75, 3.05) is 6.54 Å². The molecule has 1 aromatic rings. The third kappa shape index (κ3) is 3.11. The molecule has 5 nitrogen and oxygen atoms in total. The highest BCUT2D eigenvalue weighted by Crippen LogP contribution is 2.22. The highest BCUT2D eigenvalue weighted by Gasteiger charge is 2.28. The Balaban J connectivity index is 2.05. The summed E-state index contributed by atoms with van der Waals surface area (Å²) in [4.78, 5) is 17.8. The molecule has 2 rings (SSSR count). The van der Waals surface area contributed by atoms with Gasteiger partial charge in [-0.1, -0.05) is 0 Å². The van der Waals surface area contributed by atoms with Gasteiger partial charge in [0.05, 0.1) is 12.2 Å². The first kappa shape index (κ1) is 12.7. The van der Waals surface area contributed by atoms with E-state index in [1.54, 1.807) is 4.90 Å². The first-order chi connectivity index (χ1) is 7.85. The molecule has 0 radical (unpaired) electrons. The SMILES string of the molecule is CC(C)(C)OC(=O)N1CCc2nc(I)oc2C1. The average molecular weight is 350 g/mol. The molecule has 0 unspecified atom stereocenters. The summed E-state index contributed by atoms with van der Waals surface area (Å²) < 4.78 is 11.4. The number of rotatable bonds is 0. The highest BCUT2D eigenvalue weighted by atomic mass is 127. The van der Waals surface area contributed by atoms with E-state index in [4.69, 9.17) is 9.15 Å². The van der Waals surface area contributed by atoms with Crippen LogP contribution in [0.25, 0.3) is 0 Å². The number of aromatic nitrogens is 1. The van der Waals surface area contributed by atoms with Crippen LogP contribution in [0.1, 0.15) is 32.2 Å². The summed E-state index contributed by atoms with van der Waals surface area (Å²) >= 11 is 2.03. The van der Waals surface area contributed by atoms with Gasteiger partial charge in [0.15, 0.2) is 0 Å². The van der Waals surface area contributed by atoms with Crippen LogP contribution in [0.3, 0.4) is 0 Å². The Hall–Kier alpha value is -0.790. The van der Waals surface area contributed by atoms with Crippen LogP contribution in [0.4, 0.5) is 4.79 Å².